The molecule has 0 spiro atoms. The summed E-state index contributed by atoms with van der Waals surface area (Å²) >= 11 is 0. The van der Waals surface area contributed by atoms with E-state index < -0.39 is 5.54 Å². The topological polar surface area (TPSA) is 82.5 Å². The minimum atomic E-state index is -0.750. The molecule has 114 valence electrons. The summed E-state index contributed by atoms with van der Waals surface area (Å²) in [4.78, 5) is 29.5. The molecule has 1 aliphatic heterocycles. The number of carbonyl (C=O) groups excluding carboxylic acids is 2. The number of nitrogens with zero attached hydrogens (tertiary/aromatic N) is 2. The van der Waals surface area contributed by atoms with Gasteiger partial charge in [0.25, 0.3) is 0 Å². The van der Waals surface area contributed by atoms with Gasteiger partial charge in [-0.2, -0.15) is 0 Å². The minimum Gasteiger partial charge on any atom is -0.394 e. The maximum Gasteiger partial charge on any atom is 0.222 e. The molecule has 0 aliphatic carbocycles. The molecule has 2 rings (SSSR count). The van der Waals surface area contributed by atoms with Gasteiger partial charge >= 0.3 is 0 Å². The Hall–Kier alpha value is -1.95. The van der Waals surface area contributed by atoms with Gasteiger partial charge in [0, 0.05) is 19.7 Å². The first kappa shape index (κ1) is 15.4. The molecule has 0 bridgehead atoms. The summed E-state index contributed by atoms with van der Waals surface area (Å²) < 4.78 is 0. The van der Waals surface area contributed by atoms with Crippen molar-refractivity contribution >= 4 is 11.8 Å². The lowest BCUT2D eigenvalue weighted by molar-refractivity contribution is -0.137. The monoisotopic (exact) mass is 291 g/mol. The van der Waals surface area contributed by atoms with Crippen LogP contribution in [0.1, 0.15) is 31.9 Å². The van der Waals surface area contributed by atoms with Crippen molar-refractivity contribution in [2.24, 2.45) is 0 Å². The number of aromatic nitrogens is 1. The van der Waals surface area contributed by atoms with E-state index in [-0.39, 0.29) is 24.8 Å². The lowest BCUT2D eigenvalue weighted by atomic mass is 9.92. The van der Waals surface area contributed by atoms with Crippen molar-refractivity contribution in [2.45, 2.75) is 38.3 Å². The third kappa shape index (κ3) is 3.58. The molecule has 1 atom stereocenters. The predicted octanol–water partition coefficient (Wildman–Crippen LogP) is 0.461. The largest absolute Gasteiger partial charge is 0.394 e. The van der Waals surface area contributed by atoms with E-state index in [0.717, 1.165) is 12.1 Å². The Kier molecular flexibility index (Phi) is 4.90. The molecule has 6 heteroatoms. The Morgan fingerprint density at radius 3 is 2.90 bits per heavy atom. The molecule has 1 fully saturated rings. The number of aliphatic hydroxyl groups excluding tert-OH is 1. The third-order valence-electron chi connectivity index (χ3n) is 3.95. The molecule has 1 aromatic heterocycles. The second-order valence-corrected chi connectivity index (χ2v) is 5.43. The summed E-state index contributed by atoms with van der Waals surface area (Å²) in [6.07, 6.45) is 3.26. The number of amides is 2. The van der Waals surface area contributed by atoms with E-state index in [9.17, 15) is 14.7 Å². The van der Waals surface area contributed by atoms with E-state index in [1.165, 1.54) is 6.92 Å². The zero-order valence-corrected chi connectivity index (χ0v) is 12.2. The summed E-state index contributed by atoms with van der Waals surface area (Å²) in [7, 11) is 0. The Labute approximate surface area is 124 Å². The van der Waals surface area contributed by atoms with Crippen LogP contribution in [-0.4, -0.2) is 45.5 Å². The summed E-state index contributed by atoms with van der Waals surface area (Å²) in [5.74, 6) is -0.276. The fourth-order valence-electron chi connectivity index (χ4n) is 2.89. The number of aliphatic hydroxyl groups is 1. The highest BCUT2D eigenvalue weighted by atomic mass is 16.3. The van der Waals surface area contributed by atoms with Crippen molar-refractivity contribution < 1.29 is 14.7 Å². The number of rotatable bonds is 5. The van der Waals surface area contributed by atoms with Gasteiger partial charge in [0.1, 0.15) is 0 Å². The smallest absolute Gasteiger partial charge is 0.222 e. The van der Waals surface area contributed by atoms with Crippen molar-refractivity contribution in [2.75, 3.05) is 13.2 Å². The van der Waals surface area contributed by atoms with Crippen LogP contribution in [0, 0.1) is 0 Å². The van der Waals surface area contributed by atoms with E-state index in [0.29, 0.717) is 19.5 Å². The van der Waals surface area contributed by atoms with Crippen molar-refractivity contribution in [3.8, 4) is 0 Å². The SMILES string of the molecule is CC(=O)N1CCC[C@@]1(CO)CC(=O)NCc1ccccn1. The zero-order valence-electron chi connectivity index (χ0n) is 12.2. The summed E-state index contributed by atoms with van der Waals surface area (Å²) in [5.41, 5.74) is 0.0266. The van der Waals surface area contributed by atoms with Gasteiger partial charge in [-0.15, -0.1) is 0 Å². The van der Waals surface area contributed by atoms with Crippen LogP contribution in [-0.2, 0) is 16.1 Å². The Balaban J connectivity index is 1.95. The Morgan fingerprint density at radius 1 is 1.48 bits per heavy atom. The first-order valence-electron chi connectivity index (χ1n) is 7.13. The van der Waals surface area contributed by atoms with E-state index in [1.807, 2.05) is 18.2 Å². The van der Waals surface area contributed by atoms with Crippen LogP contribution in [0.15, 0.2) is 24.4 Å². The Bertz CT molecular complexity index is 506. The number of hydrogen-bond donors (Lipinski definition) is 2. The lowest BCUT2D eigenvalue weighted by Crippen LogP contribution is -2.51. The molecule has 0 unspecified atom stereocenters. The molecule has 0 aromatic carbocycles. The van der Waals surface area contributed by atoms with Crippen LogP contribution >= 0.6 is 0 Å². The molecule has 2 heterocycles. The standard InChI is InChI=1S/C15H21N3O3/c1-12(20)18-8-4-6-15(18,11-19)9-14(21)17-10-13-5-2-3-7-16-13/h2-3,5,7,19H,4,6,8-11H2,1H3,(H,17,21)/t15-/m0/s1. The van der Waals surface area contributed by atoms with Gasteiger partial charge in [0.05, 0.1) is 30.8 Å². The average Bonchev–Trinajstić information content (AvgIpc) is 2.90. The summed E-state index contributed by atoms with van der Waals surface area (Å²) in [5, 5.41) is 12.5. The maximum atomic E-state index is 12.1. The second-order valence-electron chi connectivity index (χ2n) is 5.43. The van der Waals surface area contributed by atoms with Crippen molar-refractivity contribution in [1.29, 1.82) is 0 Å². The summed E-state index contributed by atoms with van der Waals surface area (Å²) in [6.45, 7) is 2.23. The van der Waals surface area contributed by atoms with Crippen LogP contribution < -0.4 is 5.32 Å². The normalized spacial score (nSPS) is 21.3. The molecule has 1 saturated heterocycles. The van der Waals surface area contributed by atoms with Gasteiger partial charge in [-0.25, -0.2) is 0 Å². The highest BCUT2D eigenvalue weighted by molar-refractivity contribution is 5.80. The van der Waals surface area contributed by atoms with Crippen molar-refractivity contribution in [1.82, 2.24) is 15.2 Å². The molecule has 6 nitrogen and oxygen atoms in total. The van der Waals surface area contributed by atoms with Crippen LogP contribution in [0.25, 0.3) is 0 Å². The number of nitrogens with one attached hydrogen (secondary N) is 1. The van der Waals surface area contributed by atoms with E-state index in [4.69, 9.17) is 0 Å². The van der Waals surface area contributed by atoms with Crippen molar-refractivity contribution in [3.63, 3.8) is 0 Å². The predicted molar refractivity (Wildman–Crippen MR) is 77.1 cm³/mol. The molecule has 2 N–H and O–H groups in total. The minimum absolute atomic E-state index is 0.0981. The number of carbonyl (C=O) groups is 2. The van der Waals surface area contributed by atoms with Crippen LogP contribution in [0.4, 0.5) is 0 Å². The first-order chi connectivity index (χ1) is 10.1. The molecule has 1 aliphatic rings. The molecular weight excluding hydrogens is 270 g/mol. The molecule has 0 saturated carbocycles. The average molecular weight is 291 g/mol. The van der Waals surface area contributed by atoms with Gasteiger partial charge in [-0.05, 0) is 25.0 Å². The fraction of sp³-hybridized carbons (Fsp3) is 0.533. The molecule has 21 heavy (non-hydrogen) atoms. The summed E-state index contributed by atoms with van der Waals surface area (Å²) in [6, 6.07) is 5.51. The molecule has 2 amide bonds. The van der Waals surface area contributed by atoms with Crippen LogP contribution in [0.5, 0.6) is 0 Å². The molecular formula is C15H21N3O3. The van der Waals surface area contributed by atoms with Gasteiger partial charge in [-0.3, -0.25) is 14.6 Å². The third-order valence-corrected chi connectivity index (χ3v) is 3.95. The number of hydrogen-bond acceptors (Lipinski definition) is 4. The van der Waals surface area contributed by atoms with Gasteiger partial charge in [-0.1, -0.05) is 6.07 Å². The highest BCUT2D eigenvalue weighted by Crippen LogP contribution is 2.32. The maximum absolute atomic E-state index is 12.1. The quantitative estimate of drug-likeness (QED) is 0.826. The van der Waals surface area contributed by atoms with Crippen LogP contribution in [0.2, 0.25) is 0 Å². The van der Waals surface area contributed by atoms with Gasteiger partial charge in [0.15, 0.2) is 0 Å². The Morgan fingerprint density at radius 2 is 2.29 bits per heavy atom. The van der Waals surface area contributed by atoms with Gasteiger partial charge < -0.3 is 15.3 Å². The zero-order chi connectivity index (χ0) is 15.3. The lowest BCUT2D eigenvalue weighted by Gasteiger charge is -2.36. The molecule has 1 aromatic rings. The fourth-order valence-corrected chi connectivity index (χ4v) is 2.89. The second kappa shape index (κ2) is 6.67. The van der Waals surface area contributed by atoms with Crippen LogP contribution in [0.3, 0.4) is 0 Å². The van der Waals surface area contributed by atoms with Gasteiger partial charge in [0.2, 0.25) is 11.8 Å². The molecule has 0 radical (unpaired) electrons. The number of likely N-dealkylation sites (tertiary alicyclic amines) is 1. The number of pyridine rings is 1. The van der Waals surface area contributed by atoms with E-state index in [1.54, 1.807) is 11.1 Å². The highest BCUT2D eigenvalue weighted by Gasteiger charge is 2.43. The first-order valence-corrected chi connectivity index (χ1v) is 7.13. The van der Waals surface area contributed by atoms with E-state index in [2.05, 4.69) is 10.3 Å². The van der Waals surface area contributed by atoms with E-state index >= 15 is 0 Å². The van der Waals surface area contributed by atoms with Crippen molar-refractivity contribution in [3.05, 3.63) is 30.1 Å².